The fourth-order valence-corrected chi connectivity index (χ4v) is 5.32. The normalized spacial score (nSPS) is 12.3. The summed E-state index contributed by atoms with van der Waals surface area (Å²) >= 11 is 0. The molecule has 0 aliphatic rings. The van der Waals surface area contributed by atoms with Crippen LogP contribution in [0.2, 0.25) is 0 Å². The minimum absolute atomic E-state index is 0.0185. The Hall–Kier alpha value is -5.25. The molecule has 0 amide bonds. The number of carboxylic acid groups (broad SMARTS) is 1. The van der Waals surface area contributed by atoms with Crippen molar-refractivity contribution in [2.24, 2.45) is 20.5 Å². The molecule has 0 radical (unpaired) electrons. The third-order valence-electron chi connectivity index (χ3n) is 6.12. The van der Waals surface area contributed by atoms with Gasteiger partial charge in [-0.25, -0.2) is 4.79 Å². The van der Waals surface area contributed by atoms with E-state index in [0.29, 0.717) is 0 Å². The molecule has 248 valence electrons. The van der Waals surface area contributed by atoms with Crippen molar-refractivity contribution >= 4 is 65.4 Å². The lowest BCUT2D eigenvalue weighted by Crippen LogP contribution is -2.04. The first kappa shape index (κ1) is 34.6. The van der Waals surface area contributed by atoms with Gasteiger partial charge in [0, 0.05) is 17.5 Å². The third kappa shape index (κ3) is 8.13. The molecule has 0 aliphatic heterocycles. The molecule has 0 unspecified atom stereocenters. The summed E-state index contributed by atoms with van der Waals surface area (Å²) in [6.07, 6.45) is 0. The van der Waals surface area contributed by atoms with Gasteiger partial charge in [-0.05, 0) is 47.9 Å². The summed E-state index contributed by atoms with van der Waals surface area (Å²) in [5.74, 6) is -2.18. The quantitative estimate of drug-likeness (QED) is 0.0594. The van der Waals surface area contributed by atoms with Gasteiger partial charge >= 0.3 is 5.97 Å². The zero-order valence-electron chi connectivity index (χ0n) is 23.7. The van der Waals surface area contributed by atoms with Crippen LogP contribution >= 0.6 is 0 Å². The molecule has 0 aromatic heterocycles. The lowest BCUT2D eigenvalue weighted by molar-refractivity contribution is 0.0696. The smallest absolute Gasteiger partial charge is 0.335 e. The molecule has 47 heavy (non-hydrogen) atoms. The van der Waals surface area contributed by atoms with E-state index in [9.17, 15) is 46.1 Å². The molecule has 0 bridgehead atoms. The standard InChI is InChI=1S/C27H25N5O13S2/c28-18-11-17-15(9-23(18)46(38,39)40)10-24(47(41,42)43)25(26(17)35)32-31-20-13-21(44-7-5-33)19(12-22(20)45-8-6-34)30-29-16-3-1-14(2-4-16)27(36)37/h1-4,9-13,33-35H,5-8,28H2,(H,36,37)(H,38,39,40)(H,41,42,43). The van der Waals surface area contributed by atoms with Crippen molar-refractivity contribution in [1.82, 2.24) is 0 Å². The van der Waals surface area contributed by atoms with E-state index in [0.717, 1.165) is 18.2 Å². The molecule has 0 heterocycles. The van der Waals surface area contributed by atoms with Crippen LogP contribution in [0.25, 0.3) is 10.8 Å². The van der Waals surface area contributed by atoms with Crippen molar-refractivity contribution in [2.75, 3.05) is 32.2 Å². The van der Waals surface area contributed by atoms with E-state index < -0.39 is 66.3 Å². The van der Waals surface area contributed by atoms with Crippen molar-refractivity contribution in [3.05, 3.63) is 60.2 Å². The Bertz CT molecular complexity index is 2120. The molecule has 4 aromatic carbocycles. The Balaban J connectivity index is 1.87. The number of carboxylic acids is 1. The summed E-state index contributed by atoms with van der Waals surface area (Å²) in [5, 5.41) is 54.1. The molecular weight excluding hydrogens is 666 g/mol. The van der Waals surface area contributed by atoms with Crippen molar-refractivity contribution in [2.45, 2.75) is 9.79 Å². The van der Waals surface area contributed by atoms with E-state index in [1.54, 1.807) is 0 Å². The van der Waals surface area contributed by atoms with Crippen molar-refractivity contribution < 1.29 is 60.6 Å². The minimum Gasteiger partial charge on any atom is -0.505 e. The molecule has 18 nitrogen and oxygen atoms in total. The maximum Gasteiger partial charge on any atom is 0.335 e. The SMILES string of the molecule is Nc1cc2c(O)c(N=Nc3cc(OCCO)c(N=Nc4ccc(C(=O)O)cc4)cc3OCCO)c(S(=O)(=O)O)cc2cc1S(=O)(=O)O. The van der Waals surface area contributed by atoms with Gasteiger partial charge in [-0.15, -0.1) is 15.3 Å². The first-order valence-electron chi connectivity index (χ1n) is 13.0. The van der Waals surface area contributed by atoms with Crippen LogP contribution in [0.3, 0.4) is 0 Å². The van der Waals surface area contributed by atoms with E-state index in [2.05, 4.69) is 20.5 Å². The van der Waals surface area contributed by atoms with Crippen LogP contribution in [0, 0.1) is 0 Å². The number of nitrogens with zero attached hydrogens (tertiary/aromatic N) is 4. The summed E-state index contributed by atoms with van der Waals surface area (Å²) in [4.78, 5) is 9.33. The Kier molecular flexibility index (Phi) is 10.3. The molecule has 0 atom stereocenters. The van der Waals surface area contributed by atoms with Crippen molar-refractivity contribution in [3.63, 3.8) is 0 Å². The maximum absolute atomic E-state index is 12.3. The lowest BCUT2D eigenvalue weighted by atomic mass is 10.1. The fourth-order valence-electron chi connectivity index (χ4n) is 4.03. The number of anilines is 1. The van der Waals surface area contributed by atoms with E-state index >= 15 is 0 Å². The Morgan fingerprint density at radius 2 is 1.26 bits per heavy atom. The number of aliphatic hydroxyl groups excluding tert-OH is 2. The number of carbonyl (C=O) groups is 1. The summed E-state index contributed by atoms with van der Waals surface area (Å²) in [7, 11) is -9.99. The van der Waals surface area contributed by atoms with Crippen LogP contribution in [-0.4, -0.2) is 78.8 Å². The van der Waals surface area contributed by atoms with Gasteiger partial charge in [-0.1, -0.05) is 0 Å². The highest BCUT2D eigenvalue weighted by molar-refractivity contribution is 7.86. The summed E-state index contributed by atoms with van der Waals surface area (Å²) in [6.45, 7) is -1.36. The summed E-state index contributed by atoms with van der Waals surface area (Å²) in [5.41, 5.74) is 4.55. The number of azo groups is 2. The second kappa shape index (κ2) is 14.0. The van der Waals surface area contributed by atoms with E-state index in [1.807, 2.05) is 0 Å². The predicted octanol–water partition coefficient (Wildman–Crippen LogP) is 3.89. The van der Waals surface area contributed by atoms with Gasteiger partial charge in [-0.2, -0.15) is 21.9 Å². The zero-order chi connectivity index (χ0) is 34.5. The van der Waals surface area contributed by atoms with Gasteiger partial charge < -0.3 is 35.6 Å². The number of ether oxygens (including phenoxy) is 2. The molecule has 4 aromatic rings. The third-order valence-corrected chi connectivity index (χ3v) is 7.90. The van der Waals surface area contributed by atoms with E-state index in [1.165, 1.54) is 36.4 Å². The van der Waals surface area contributed by atoms with Crippen molar-refractivity contribution in [3.8, 4) is 17.2 Å². The number of hydrogen-bond donors (Lipinski definition) is 7. The van der Waals surface area contributed by atoms with Crippen LogP contribution in [0.1, 0.15) is 10.4 Å². The molecule has 4 rings (SSSR count). The number of nitrogens with two attached hydrogens (primary N) is 1. The van der Waals surface area contributed by atoms with Crippen LogP contribution in [0.15, 0.2) is 84.8 Å². The van der Waals surface area contributed by atoms with Crippen molar-refractivity contribution in [1.29, 1.82) is 0 Å². The van der Waals surface area contributed by atoms with Crippen LogP contribution < -0.4 is 15.2 Å². The Labute approximate surface area is 265 Å². The minimum atomic E-state index is -5.14. The zero-order valence-corrected chi connectivity index (χ0v) is 25.4. The van der Waals surface area contributed by atoms with Gasteiger partial charge in [0.05, 0.1) is 30.2 Å². The number of aromatic carboxylic acids is 1. The van der Waals surface area contributed by atoms with Crippen LogP contribution in [0.4, 0.5) is 28.4 Å². The Morgan fingerprint density at radius 1 is 0.745 bits per heavy atom. The highest BCUT2D eigenvalue weighted by Gasteiger charge is 2.25. The van der Waals surface area contributed by atoms with Gasteiger partial charge in [0.25, 0.3) is 20.2 Å². The van der Waals surface area contributed by atoms with Gasteiger partial charge in [0.1, 0.15) is 51.6 Å². The maximum atomic E-state index is 12.3. The largest absolute Gasteiger partial charge is 0.505 e. The molecule has 0 spiro atoms. The molecule has 0 fully saturated rings. The van der Waals surface area contributed by atoms with Gasteiger partial charge in [0.2, 0.25) is 0 Å². The molecular formula is C27H25N5O13S2. The number of rotatable bonds is 13. The number of nitrogen functional groups attached to an aromatic ring is 1. The van der Waals surface area contributed by atoms with Crippen LogP contribution in [0.5, 0.6) is 17.2 Å². The number of aromatic hydroxyl groups is 1. The number of phenols is 1. The molecule has 0 saturated carbocycles. The lowest BCUT2D eigenvalue weighted by Gasteiger charge is -2.13. The highest BCUT2D eigenvalue weighted by atomic mass is 32.2. The van der Waals surface area contributed by atoms with Crippen LogP contribution in [-0.2, 0) is 20.2 Å². The first-order valence-corrected chi connectivity index (χ1v) is 15.9. The molecule has 20 heteroatoms. The number of hydrogen-bond acceptors (Lipinski definition) is 15. The molecule has 0 saturated heterocycles. The summed E-state index contributed by atoms with van der Waals surface area (Å²) in [6, 6.07) is 10.4. The second-order valence-electron chi connectivity index (χ2n) is 9.32. The average molecular weight is 692 g/mol. The van der Waals surface area contributed by atoms with E-state index in [-0.39, 0.29) is 58.1 Å². The monoisotopic (exact) mass is 691 g/mol. The summed E-state index contributed by atoms with van der Waals surface area (Å²) < 4.78 is 78.3. The molecule has 0 aliphatic carbocycles. The number of phenolic OH excluding ortho intramolecular Hbond substituents is 1. The van der Waals surface area contributed by atoms with Gasteiger partial charge in [0.15, 0.2) is 5.75 Å². The van der Waals surface area contributed by atoms with Gasteiger partial charge in [-0.3, -0.25) is 9.11 Å². The fraction of sp³-hybridized carbons (Fsp3) is 0.148. The number of aliphatic hydroxyl groups is 2. The number of fused-ring (bicyclic) bond motifs is 1. The Morgan fingerprint density at radius 3 is 1.74 bits per heavy atom. The topological polar surface area (TPSA) is 301 Å². The molecule has 8 N–H and O–H groups in total. The van der Waals surface area contributed by atoms with E-state index in [4.69, 9.17) is 20.3 Å². The average Bonchev–Trinajstić information content (AvgIpc) is 3.00. The number of benzene rings is 4. The second-order valence-corrected chi connectivity index (χ2v) is 12.1. The first-order chi connectivity index (χ1) is 22.1. The highest BCUT2D eigenvalue weighted by Crippen LogP contribution is 2.45. The predicted molar refractivity (Wildman–Crippen MR) is 163 cm³/mol.